The third-order valence-electron chi connectivity index (χ3n) is 5.14. The Morgan fingerprint density at radius 1 is 1.14 bits per heavy atom. The number of amides is 2. The molecule has 146 valence electrons. The number of carbonyl (C=O) groups excluding carboxylic acids is 1. The van der Waals surface area contributed by atoms with E-state index in [-0.39, 0.29) is 12.1 Å². The summed E-state index contributed by atoms with van der Waals surface area (Å²) in [5, 5.41) is 7.67. The van der Waals surface area contributed by atoms with Gasteiger partial charge in [-0.2, -0.15) is 5.10 Å². The van der Waals surface area contributed by atoms with E-state index in [4.69, 9.17) is 0 Å². The van der Waals surface area contributed by atoms with Crippen LogP contribution in [0.1, 0.15) is 41.2 Å². The van der Waals surface area contributed by atoms with E-state index in [9.17, 15) is 4.79 Å². The van der Waals surface area contributed by atoms with Gasteiger partial charge in [-0.3, -0.25) is 9.67 Å². The zero-order chi connectivity index (χ0) is 20.1. The van der Waals surface area contributed by atoms with Crippen molar-refractivity contribution in [3.8, 4) is 0 Å². The minimum atomic E-state index is -0.132. The zero-order valence-corrected chi connectivity index (χ0v) is 16.9. The number of aromatic nitrogens is 3. The first-order chi connectivity index (χ1) is 13.5. The van der Waals surface area contributed by atoms with E-state index in [1.165, 1.54) is 5.56 Å². The van der Waals surface area contributed by atoms with Gasteiger partial charge in [0.25, 0.3) is 0 Å². The minimum absolute atomic E-state index is 0.107. The topological polar surface area (TPSA) is 63.1 Å². The SMILES string of the molecule is Cc1nn(Cc2ccccc2)c(C)c1CNC(=O)N(C)C(C)c1ccccn1. The Hall–Kier alpha value is -3.15. The number of nitrogens with zero attached hydrogens (tertiary/aromatic N) is 4. The predicted molar refractivity (Wildman–Crippen MR) is 110 cm³/mol. The average molecular weight is 377 g/mol. The fourth-order valence-electron chi connectivity index (χ4n) is 3.19. The Morgan fingerprint density at radius 3 is 2.54 bits per heavy atom. The number of rotatable bonds is 6. The summed E-state index contributed by atoms with van der Waals surface area (Å²) in [6.45, 7) is 7.17. The maximum Gasteiger partial charge on any atom is 0.317 e. The van der Waals surface area contributed by atoms with Crippen LogP contribution in [0.5, 0.6) is 0 Å². The van der Waals surface area contributed by atoms with E-state index in [1.807, 2.05) is 61.9 Å². The summed E-state index contributed by atoms with van der Waals surface area (Å²) in [6.07, 6.45) is 1.74. The highest BCUT2D eigenvalue weighted by Crippen LogP contribution is 2.17. The number of carbonyl (C=O) groups is 1. The number of pyridine rings is 1. The van der Waals surface area contributed by atoms with Crippen LogP contribution in [-0.4, -0.2) is 32.7 Å². The molecule has 3 aromatic rings. The van der Waals surface area contributed by atoms with Crippen LogP contribution in [0.15, 0.2) is 54.7 Å². The summed E-state index contributed by atoms with van der Waals surface area (Å²) in [7, 11) is 1.78. The van der Waals surface area contributed by atoms with Crippen molar-refractivity contribution >= 4 is 6.03 Å². The molecule has 0 radical (unpaired) electrons. The van der Waals surface area contributed by atoms with Crippen LogP contribution in [0.3, 0.4) is 0 Å². The van der Waals surface area contributed by atoms with Crippen LogP contribution in [0.2, 0.25) is 0 Å². The highest BCUT2D eigenvalue weighted by molar-refractivity contribution is 5.74. The largest absolute Gasteiger partial charge is 0.334 e. The van der Waals surface area contributed by atoms with E-state index in [0.29, 0.717) is 6.54 Å². The van der Waals surface area contributed by atoms with Crippen molar-refractivity contribution < 1.29 is 4.79 Å². The smallest absolute Gasteiger partial charge is 0.317 e. The van der Waals surface area contributed by atoms with E-state index in [2.05, 4.69) is 27.5 Å². The average Bonchev–Trinajstić information content (AvgIpc) is 2.99. The van der Waals surface area contributed by atoms with Crippen LogP contribution in [0.4, 0.5) is 4.79 Å². The molecule has 3 rings (SSSR count). The normalized spacial score (nSPS) is 11.9. The lowest BCUT2D eigenvalue weighted by Gasteiger charge is -2.24. The van der Waals surface area contributed by atoms with Crippen LogP contribution in [0.25, 0.3) is 0 Å². The monoisotopic (exact) mass is 377 g/mol. The Labute approximate surface area is 166 Å². The van der Waals surface area contributed by atoms with Gasteiger partial charge in [0, 0.05) is 31.0 Å². The molecule has 0 fully saturated rings. The molecule has 2 amide bonds. The van der Waals surface area contributed by atoms with Crippen LogP contribution >= 0.6 is 0 Å². The summed E-state index contributed by atoms with van der Waals surface area (Å²) < 4.78 is 1.99. The molecular weight excluding hydrogens is 350 g/mol. The Bertz CT molecular complexity index is 921. The minimum Gasteiger partial charge on any atom is -0.334 e. The van der Waals surface area contributed by atoms with Crippen molar-refractivity contribution in [1.29, 1.82) is 0 Å². The molecule has 0 saturated carbocycles. The first kappa shape index (κ1) is 19.6. The highest BCUT2D eigenvalue weighted by atomic mass is 16.2. The maximum atomic E-state index is 12.6. The lowest BCUT2D eigenvalue weighted by molar-refractivity contribution is 0.193. The summed E-state index contributed by atoms with van der Waals surface area (Å²) >= 11 is 0. The second-order valence-corrected chi connectivity index (χ2v) is 6.99. The number of benzene rings is 1. The fourth-order valence-corrected chi connectivity index (χ4v) is 3.19. The van der Waals surface area contributed by atoms with Gasteiger partial charge in [-0.25, -0.2) is 4.79 Å². The number of hydrogen-bond donors (Lipinski definition) is 1. The number of urea groups is 1. The first-order valence-electron chi connectivity index (χ1n) is 9.45. The Balaban J connectivity index is 1.65. The predicted octanol–water partition coefficient (Wildman–Crippen LogP) is 3.85. The van der Waals surface area contributed by atoms with Gasteiger partial charge in [-0.05, 0) is 38.5 Å². The molecule has 2 heterocycles. The van der Waals surface area contributed by atoms with Gasteiger partial charge in [0.05, 0.1) is 24.0 Å². The van der Waals surface area contributed by atoms with Crippen LogP contribution in [-0.2, 0) is 13.1 Å². The van der Waals surface area contributed by atoms with Gasteiger partial charge in [0.15, 0.2) is 0 Å². The third kappa shape index (κ3) is 4.39. The fraction of sp³-hybridized carbons (Fsp3) is 0.318. The molecular formula is C22H27N5O. The van der Waals surface area contributed by atoms with Crippen molar-refractivity contribution in [3.63, 3.8) is 0 Å². The lowest BCUT2D eigenvalue weighted by atomic mass is 10.2. The summed E-state index contributed by atoms with van der Waals surface area (Å²) in [5.74, 6) is 0. The van der Waals surface area contributed by atoms with Crippen molar-refractivity contribution in [2.75, 3.05) is 7.05 Å². The zero-order valence-electron chi connectivity index (χ0n) is 16.9. The molecule has 0 saturated heterocycles. The van der Waals surface area contributed by atoms with Crippen molar-refractivity contribution in [3.05, 3.63) is 82.9 Å². The molecule has 0 aliphatic heterocycles. The van der Waals surface area contributed by atoms with E-state index >= 15 is 0 Å². The molecule has 1 N–H and O–H groups in total. The van der Waals surface area contributed by atoms with Gasteiger partial charge in [-0.15, -0.1) is 0 Å². The molecule has 0 spiro atoms. The molecule has 1 aromatic carbocycles. The van der Waals surface area contributed by atoms with Crippen LogP contribution < -0.4 is 5.32 Å². The van der Waals surface area contributed by atoms with Gasteiger partial charge in [0.1, 0.15) is 0 Å². The van der Waals surface area contributed by atoms with Gasteiger partial charge in [-0.1, -0.05) is 36.4 Å². The number of aryl methyl sites for hydroxylation is 1. The van der Waals surface area contributed by atoms with Crippen LogP contribution in [0, 0.1) is 13.8 Å². The maximum absolute atomic E-state index is 12.6. The molecule has 0 bridgehead atoms. The summed E-state index contributed by atoms with van der Waals surface area (Å²) in [5.41, 5.74) is 5.13. The van der Waals surface area contributed by atoms with E-state index in [1.54, 1.807) is 18.1 Å². The third-order valence-corrected chi connectivity index (χ3v) is 5.14. The highest BCUT2D eigenvalue weighted by Gasteiger charge is 2.19. The molecule has 2 aromatic heterocycles. The Morgan fingerprint density at radius 2 is 1.86 bits per heavy atom. The van der Waals surface area contributed by atoms with Gasteiger partial charge < -0.3 is 10.2 Å². The van der Waals surface area contributed by atoms with E-state index in [0.717, 1.165) is 29.2 Å². The number of hydrogen-bond acceptors (Lipinski definition) is 3. The molecule has 1 atom stereocenters. The molecule has 0 aliphatic carbocycles. The molecule has 1 unspecified atom stereocenters. The Kier molecular flexibility index (Phi) is 6.09. The van der Waals surface area contributed by atoms with E-state index < -0.39 is 0 Å². The van der Waals surface area contributed by atoms with Crippen molar-refractivity contribution in [2.45, 2.75) is 39.9 Å². The van der Waals surface area contributed by atoms with Gasteiger partial charge in [0.2, 0.25) is 0 Å². The van der Waals surface area contributed by atoms with Gasteiger partial charge >= 0.3 is 6.03 Å². The molecule has 6 nitrogen and oxygen atoms in total. The van der Waals surface area contributed by atoms with Crippen molar-refractivity contribution in [1.82, 2.24) is 25.0 Å². The molecule has 6 heteroatoms. The standard InChI is InChI=1S/C22H27N5O/c1-16-20(17(2)27(25-16)15-19-10-6-5-7-11-19)14-24-22(28)26(4)18(3)21-12-8-9-13-23-21/h5-13,18H,14-15H2,1-4H3,(H,24,28). The second-order valence-electron chi connectivity index (χ2n) is 6.99. The van der Waals surface area contributed by atoms with Crippen molar-refractivity contribution in [2.24, 2.45) is 0 Å². The summed E-state index contributed by atoms with van der Waals surface area (Å²) in [4.78, 5) is 18.6. The second kappa shape index (κ2) is 8.69. The number of nitrogens with one attached hydrogen (secondary N) is 1. The molecule has 28 heavy (non-hydrogen) atoms. The first-order valence-corrected chi connectivity index (χ1v) is 9.45. The summed E-state index contributed by atoms with van der Waals surface area (Å²) in [6, 6.07) is 15.7. The lowest BCUT2D eigenvalue weighted by Crippen LogP contribution is -2.38. The quantitative estimate of drug-likeness (QED) is 0.710. The molecule has 0 aliphatic rings.